The SMILES string of the molecule is Cc1ccc(-c2csc3ncn(-c4ccc(Br)cc4)c(=O)c23)c(C)c1. The molecule has 4 rings (SSSR count). The Labute approximate surface area is 157 Å². The Morgan fingerprint density at radius 2 is 1.80 bits per heavy atom. The van der Waals surface area contributed by atoms with Gasteiger partial charge in [0.25, 0.3) is 5.56 Å². The molecule has 2 aromatic heterocycles. The van der Waals surface area contributed by atoms with Crippen LogP contribution in [0, 0.1) is 13.8 Å². The van der Waals surface area contributed by atoms with E-state index >= 15 is 0 Å². The maximum Gasteiger partial charge on any atom is 0.267 e. The molecule has 0 fully saturated rings. The van der Waals surface area contributed by atoms with E-state index in [-0.39, 0.29) is 5.56 Å². The minimum absolute atomic E-state index is 0.0384. The molecule has 3 nitrogen and oxygen atoms in total. The fourth-order valence-electron chi connectivity index (χ4n) is 3.03. The molecule has 124 valence electrons. The van der Waals surface area contributed by atoms with Crippen molar-refractivity contribution in [2.75, 3.05) is 0 Å². The zero-order chi connectivity index (χ0) is 17.6. The third kappa shape index (κ3) is 2.83. The van der Waals surface area contributed by atoms with E-state index in [0.717, 1.165) is 31.7 Å². The first-order chi connectivity index (χ1) is 12.0. The van der Waals surface area contributed by atoms with Crippen LogP contribution in [0.3, 0.4) is 0 Å². The van der Waals surface area contributed by atoms with Crippen LogP contribution in [0.1, 0.15) is 11.1 Å². The number of hydrogen-bond acceptors (Lipinski definition) is 3. The van der Waals surface area contributed by atoms with Crippen molar-refractivity contribution in [2.24, 2.45) is 0 Å². The van der Waals surface area contributed by atoms with Gasteiger partial charge in [0.1, 0.15) is 11.2 Å². The van der Waals surface area contributed by atoms with E-state index in [1.165, 1.54) is 16.9 Å². The number of hydrogen-bond donors (Lipinski definition) is 0. The third-order valence-electron chi connectivity index (χ3n) is 4.27. The fraction of sp³-hybridized carbons (Fsp3) is 0.100. The first kappa shape index (κ1) is 16.2. The second-order valence-corrected chi connectivity index (χ2v) is 7.82. The Bertz CT molecular complexity index is 1140. The van der Waals surface area contributed by atoms with Gasteiger partial charge in [-0.05, 0) is 49.2 Å². The van der Waals surface area contributed by atoms with E-state index in [2.05, 4.69) is 53.0 Å². The second kappa shape index (κ2) is 6.24. The van der Waals surface area contributed by atoms with Crippen molar-refractivity contribution in [3.63, 3.8) is 0 Å². The van der Waals surface area contributed by atoms with Gasteiger partial charge in [0.2, 0.25) is 0 Å². The van der Waals surface area contributed by atoms with Crippen LogP contribution in [0.15, 0.2) is 63.4 Å². The number of benzene rings is 2. The molecule has 2 aromatic carbocycles. The number of nitrogens with zero attached hydrogens (tertiary/aromatic N) is 2. The molecule has 0 aliphatic heterocycles. The number of rotatable bonds is 2. The molecule has 0 amide bonds. The molecule has 0 bridgehead atoms. The number of thiophene rings is 1. The smallest absolute Gasteiger partial charge is 0.267 e. The van der Waals surface area contributed by atoms with Crippen LogP contribution in [0.2, 0.25) is 0 Å². The average Bonchev–Trinajstić information content (AvgIpc) is 3.01. The lowest BCUT2D eigenvalue weighted by atomic mass is 9.99. The highest BCUT2D eigenvalue weighted by Gasteiger charge is 2.15. The summed E-state index contributed by atoms with van der Waals surface area (Å²) in [5.74, 6) is 0. The lowest BCUT2D eigenvalue weighted by molar-refractivity contribution is 0.966. The van der Waals surface area contributed by atoms with E-state index < -0.39 is 0 Å². The Morgan fingerprint density at radius 1 is 1.04 bits per heavy atom. The standard InChI is InChI=1S/C20H15BrN2OS/c1-12-3-8-16(13(2)9-12)17-10-25-19-18(17)20(24)23(11-22-19)15-6-4-14(21)5-7-15/h3-11H,1-2H3. The van der Waals surface area contributed by atoms with Gasteiger partial charge in [-0.15, -0.1) is 11.3 Å². The topological polar surface area (TPSA) is 34.9 Å². The van der Waals surface area contributed by atoms with Gasteiger partial charge in [0.05, 0.1) is 11.1 Å². The molecular weight excluding hydrogens is 396 g/mol. The van der Waals surface area contributed by atoms with Crippen molar-refractivity contribution >= 4 is 37.5 Å². The minimum Gasteiger partial charge on any atom is -0.268 e. The van der Waals surface area contributed by atoms with Crippen molar-refractivity contribution in [2.45, 2.75) is 13.8 Å². The predicted molar refractivity (Wildman–Crippen MR) is 108 cm³/mol. The molecule has 25 heavy (non-hydrogen) atoms. The van der Waals surface area contributed by atoms with Gasteiger partial charge in [0, 0.05) is 15.4 Å². The molecular formula is C20H15BrN2OS. The highest BCUT2D eigenvalue weighted by Crippen LogP contribution is 2.33. The Balaban J connectivity index is 1.98. The Kier molecular flexibility index (Phi) is 4.06. The Morgan fingerprint density at radius 3 is 2.52 bits per heavy atom. The van der Waals surface area contributed by atoms with Crippen LogP contribution in [-0.4, -0.2) is 9.55 Å². The van der Waals surface area contributed by atoms with Crippen LogP contribution in [0.25, 0.3) is 27.0 Å². The second-order valence-electron chi connectivity index (χ2n) is 6.04. The lowest BCUT2D eigenvalue weighted by Gasteiger charge is -2.08. The Hall–Kier alpha value is -2.24. The van der Waals surface area contributed by atoms with Gasteiger partial charge in [-0.1, -0.05) is 39.7 Å². The van der Waals surface area contributed by atoms with E-state index in [4.69, 9.17) is 0 Å². The summed E-state index contributed by atoms with van der Waals surface area (Å²) >= 11 is 4.93. The zero-order valence-electron chi connectivity index (χ0n) is 13.8. The number of aromatic nitrogens is 2. The molecule has 0 N–H and O–H groups in total. The molecule has 0 saturated heterocycles. The highest BCUT2D eigenvalue weighted by atomic mass is 79.9. The highest BCUT2D eigenvalue weighted by molar-refractivity contribution is 9.10. The summed E-state index contributed by atoms with van der Waals surface area (Å²) in [7, 11) is 0. The summed E-state index contributed by atoms with van der Waals surface area (Å²) < 4.78 is 2.58. The monoisotopic (exact) mass is 410 g/mol. The maximum atomic E-state index is 13.2. The molecule has 0 unspecified atom stereocenters. The van der Waals surface area contributed by atoms with Gasteiger partial charge in [-0.2, -0.15) is 0 Å². The van der Waals surface area contributed by atoms with Crippen molar-refractivity contribution in [1.82, 2.24) is 9.55 Å². The van der Waals surface area contributed by atoms with Crippen molar-refractivity contribution < 1.29 is 0 Å². The van der Waals surface area contributed by atoms with Crippen LogP contribution < -0.4 is 5.56 Å². The molecule has 2 heterocycles. The largest absolute Gasteiger partial charge is 0.268 e. The molecule has 0 atom stereocenters. The van der Waals surface area contributed by atoms with E-state index in [1.807, 2.05) is 29.6 Å². The number of aryl methyl sites for hydroxylation is 2. The minimum atomic E-state index is -0.0384. The molecule has 4 aromatic rings. The molecule has 0 saturated carbocycles. The fourth-order valence-corrected chi connectivity index (χ4v) is 4.19. The zero-order valence-corrected chi connectivity index (χ0v) is 16.2. The van der Waals surface area contributed by atoms with Gasteiger partial charge < -0.3 is 0 Å². The quantitative estimate of drug-likeness (QED) is 0.437. The van der Waals surface area contributed by atoms with E-state index in [1.54, 1.807) is 10.9 Å². The van der Waals surface area contributed by atoms with Crippen molar-refractivity contribution in [3.05, 3.63) is 80.1 Å². The summed E-state index contributed by atoms with van der Waals surface area (Å²) in [4.78, 5) is 18.4. The molecule has 5 heteroatoms. The number of fused-ring (bicyclic) bond motifs is 1. The predicted octanol–water partition coefficient (Wildman–Crippen LogP) is 5.49. The van der Waals surface area contributed by atoms with Crippen LogP contribution in [0.4, 0.5) is 0 Å². The van der Waals surface area contributed by atoms with Crippen LogP contribution in [-0.2, 0) is 0 Å². The summed E-state index contributed by atoms with van der Waals surface area (Å²) in [5.41, 5.74) is 5.19. The maximum absolute atomic E-state index is 13.2. The van der Waals surface area contributed by atoms with Crippen molar-refractivity contribution in [1.29, 1.82) is 0 Å². The molecule has 0 spiro atoms. The van der Waals surface area contributed by atoms with E-state index in [9.17, 15) is 4.79 Å². The average molecular weight is 411 g/mol. The van der Waals surface area contributed by atoms with E-state index in [0.29, 0.717) is 5.39 Å². The summed E-state index contributed by atoms with van der Waals surface area (Å²) in [6.07, 6.45) is 1.61. The van der Waals surface area contributed by atoms with Crippen LogP contribution in [0.5, 0.6) is 0 Å². The summed E-state index contributed by atoms with van der Waals surface area (Å²) in [5, 5.41) is 2.71. The lowest BCUT2D eigenvalue weighted by Crippen LogP contribution is -2.18. The molecule has 0 aliphatic rings. The third-order valence-corrected chi connectivity index (χ3v) is 5.69. The van der Waals surface area contributed by atoms with Gasteiger partial charge in [0.15, 0.2) is 0 Å². The summed E-state index contributed by atoms with van der Waals surface area (Å²) in [6.45, 7) is 4.15. The number of halogens is 1. The summed E-state index contributed by atoms with van der Waals surface area (Å²) in [6, 6.07) is 14.0. The van der Waals surface area contributed by atoms with Crippen LogP contribution >= 0.6 is 27.3 Å². The molecule has 0 radical (unpaired) electrons. The van der Waals surface area contributed by atoms with Crippen molar-refractivity contribution in [3.8, 4) is 16.8 Å². The normalized spacial score (nSPS) is 11.2. The first-order valence-corrected chi connectivity index (χ1v) is 9.54. The first-order valence-electron chi connectivity index (χ1n) is 7.87. The van der Waals surface area contributed by atoms with Gasteiger partial charge in [-0.3, -0.25) is 9.36 Å². The van der Waals surface area contributed by atoms with Gasteiger partial charge in [-0.25, -0.2) is 4.98 Å². The van der Waals surface area contributed by atoms with Gasteiger partial charge >= 0.3 is 0 Å². The molecule has 0 aliphatic carbocycles.